The Morgan fingerprint density at radius 1 is 1.28 bits per heavy atom. The highest BCUT2D eigenvalue weighted by Crippen LogP contribution is 2.26. The Morgan fingerprint density at radius 2 is 2.17 bits per heavy atom. The van der Waals surface area contributed by atoms with Gasteiger partial charge in [0, 0.05) is 10.5 Å². The number of halogens is 1. The largest absolute Gasteiger partial charge is 0.326 e. The molecule has 0 radical (unpaired) electrons. The summed E-state index contributed by atoms with van der Waals surface area (Å²) in [5.74, 6) is 0. The van der Waals surface area contributed by atoms with Gasteiger partial charge in [0.15, 0.2) is 0 Å². The summed E-state index contributed by atoms with van der Waals surface area (Å²) in [6, 6.07) is 6.24. The zero-order chi connectivity index (χ0) is 12.5. The van der Waals surface area contributed by atoms with Gasteiger partial charge in [-0.05, 0) is 60.4 Å². The van der Waals surface area contributed by atoms with Crippen LogP contribution in [-0.4, -0.2) is 22.6 Å². The molecule has 2 N–H and O–H groups in total. The number of aromatic nitrogens is 2. The van der Waals surface area contributed by atoms with E-state index in [1.54, 1.807) is 0 Å². The summed E-state index contributed by atoms with van der Waals surface area (Å²) in [4.78, 5) is 15.1. The molecular formula is C13H16BrN3O. The van der Waals surface area contributed by atoms with Gasteiger partial charge in [0.05, 0.1) is 11.0 Å². The number of imidazole rings is 1. The lowest BCUT2D eigenvalue weighted by Gasteiger charge is -2.15. The quantitative estimate of drug-likeness (QED) is 0.850. The van der Waals surface area contributed by atoms with Crippen LogP contribution in [0, 0.1) is 0 Å². The predicted molar refractivity (Wildman–Crippen MR) is 76.0 cm³/mol. The van der Waals surface area contributed by atoms with Crippen LogP contribution in [0.15, 0.2) is 27.5 Å². The first-order valence-corrected chi connectivity index (χ1v) is 7.16. The molecule has 2 aromatic rings. The summed E-state index contributed by atoms with van der Waals surface area (Å²) in [5, 5.41) is 3.38. The fourth-order valence-corrected chi connectivity index (χ4v) is 3.19. The summed E-state index contributed by atoms with van der Waals surface area (Å²) in [6.07, 6.45) is 3.20. The number of rotatable bonds is 1. The first kappa shape index (κ1) is 12.0. The van der Waals surface area contributed by atoms with Crippen molar-refractivity contribution in [2.45, 2.75) is 25.3 Å². The van der Waals surface area contributed by atoms with Crippen molar-refractivity contribution in [2.24, 2.45) is 0 Å². The molecule has 1 aliphatic rings. The van der Waals surface area contributed by atoms with E-state index < -0.39 is 0 Å². The SMILES string of the molecule is O=c1[nH]c2c(Br)cccc2n1C1CCCNCC1. The Hall–Kier alpha value is -1.07. The first-order valence-electron chi connectivity index (χ1n) is 6.37. The number of para-hydroxylation sites is 1. The lowest BCUT2D eigenvalue weighted by atomic mass is 10.1. The maximum absolute atomic E-state index is 12.2. The number of hydrogen-bond donors (Lipinski definition) is 2. The molecule has 1 aromatic carbocycles. The summed E-state index contributed by atoms with van der Waals surface area (Å²) in [7, 11) is 0. The van der Waals surface area contributed by atoms with E-state index in [2.05, 4.69) is 26.2 Å². The number of benzene rings is 1. The van der Waals surface area contributed by atoms with Crippen molar-refractivity contribution >= 4 is 27.0 Å². The number of aromatic amines is 1. The molecule has 0 spiro atoms. The second kappa shape index (κ2) is 4.90. The number of nitrogens with one attached hydrogen (secondary N) is 2. The summed E-state index contributed by atoms with van der Waals surface area (Å²) in [6.45, 7) is 2.04. The molecule has 1 saturated heterocycles. The molecule has 96 valence electrons. The van der Waals surface area contributed by atoms with Crippen molar-refractivity contribution in [1.82, 2.24) is 14.9 Å². The van der Waals surface area contributed by atoms with Gasteiger partial charge in [-0.1, -0.05) is 6.07 Å². The third kappa shape index (κ3) is 2.01. The Morgan fingerprint density at radius 3 is 3.06 bits per heavy atom. The molecule has 0 aliphatic carbocycles. The molecule has 1 unspecified atom stereocenters. The Balaban J connectivity index is 2.13. The monoisotopic (exact) mass is 309 g/mol. The minimum Gasteiger partial charge on any atom is -0.317 e. The van der Waals surface area contributed by atoms with E-state index in [0.29, 0.717) is 6.04 Å². The van der Waals surface area contributed by atoms with Crippen LogP contribution in [0.4, 0.5) is 0 Å². The van der Waals surface area contributed by atoms with Gasteiger partial charge >= 0.3 is 5.69 Å². The molecule has 1 fully saturated rings. The third-order valence-electron chi connectivity index (χ3n) is 3.61. The van der Waals surface area contributed by atoms with Crippen LogP contribution in [0.1, 0.15) is 25.3 Å². The van der Waals surface area contributed by atoms with Crippen molar-refractivity contribution < 1.29 is 0 Å². The van der Waals surface area contributed by atoms with Gasteiger partial charge in [-0.2, -0.15) is 0 Å². The van der Waals surface area contributed by atoms with E-state index in [0.717, 1.165) is 47.9 Å². The standard InChI is InChI=1S/C13H16BrN3O/c14-10-4-1-5-11-12(10)16-13(18)17(11)9-3-2-7-15-8-6-9/h1,4-5,9,15H,2-3,6-8H2,(H,16,18). The van der Waals surface area contributed by atoms with Gasteiger partial charge in [0.25, 0.3) is 0 Å². The normalized spacial score (nSPS) is 21.1. The smallest absolute Gasteiger partial charge is 0.317 e. The zero-order valence-corrected chi connectivity index (χ0v) is 11.7. The summed E-state index contributed by atoms with van der Waals surface area (Å²) in [5.41, 5.74) is 1.91. The van der Waals surface area contributed by atoms with Crippen molar-refractivity contribution in [3.63, 3.8) is 0 Å². The highest BCUT2D eigenvalue weighted by molar-refractivity contribution is 9.10. The van der Waals surface area contributed by atoms with Crippen molar-refractivity contribution in [1.29, 1.82) is 0 Å². The number of hydrogen-bond acceptors (Lipinski definition) is 2. The van der Waals surface area contributed by atoms with E-state index in [1.165, 1.54) is 0 Å². The Kier molecular flexibility index (Phi) is 3.26. The van der Waals surface area contributed by atoms with E-state index in [1.807, 2.05) is 22.8 Å². The van der Waals surface area contributed by atoms with E-state index >= 15 is 0 Å². The molecule has 5 heteroatoms. The molecule has 1 aromatic heterocycles. The number of H-pyrrole nitrogens is 1. The maximum Gasteiger partial charge on any atom is 0.326 e. The van der Waals surface area contributed by atoms with Gasteiger partial charge in [-0.15, -0.1) is 0 Å². The predicted octanol–water partition coefficient (Wildman–Crippen LogP) is 2.41. The van der Waals surface area contributed by atoms with Crippen LogP contribution in [0.25, 0.3) is 11.0 Å². The van der Waals surface area contributed by atoms with Gasteiger partial charge in [-0.25, -0.2) is 4.79 Å². The molecule has 1 aliphatic heterocycles. The van der Waals surface area contributed by atoms with Gasteiger partial charge in [0.1, 0.15) is 0 Å². The van der Waals surface area contributed by atoms with Crippen LogP contribution in [0.3, 0.4) is 0 Å². The molecule has 1 atom stereocenters. The zero-order valence-electron chi connectivity index (χ0n) is 10.1. The second-order valence-electron chi connectivity index (χ2n) is 4.77. The fourth-order valence-electron chi connectivity index (χ4n) is 2.74. The average molecular weight is 310 g/mol. The third-order valence-corrected chi connectivity index (χ3v) is 4.27. The second-order valence-corrected chi connectivity index (χ2v) is 5.62. The lowest BCUT2D eigenvalue weighted by Crippen LogP contribution is -2.23. The van der Waals surface area contributed by atoms with E-state index in [9.17, 15) is 4.79 Å². The van der Waals surface area contributed by atoms with Crippen molar-refractivity contribution in [3.05, 3.63) is 33.2 Å². The van der Waals surface area contributed by atoms with Crippen molar-refractivity contribution in [2.75, 3.05) is 13.1 Å². The molecule has 0 amide bonds. The summed E-state index contributed by atoms with van der Waals surface area (Å²) >= 11 is 3.49. The van der Waals surface area contributed by atoms with E-state index in [-0.39, 0.29) is 5.69 Å². The Bertz CT molecular complexity index is 608. The van der Waals surface area contributed by atoms with Gasteiger partial charge in [-0.3, -0.25) is 4.57 Å². The molecule has 2 heterocycles. The minimum absolute atomic E-state index is 0.00352. The topological polar surface area (TPSA) is 49.8 Å². The van der Waals surface area contributed by atoms with Crippen LogP contribution in [0.2, 0.25) is 0 Å². The Labute approximate surface area is 114 Å². The maximum atomic E-state index is 12.2. The van der Waals surface area contributed by atoms with Gasteiger partial charge < -0.3 is 10.3 Å². The lowest BCUT2D eigenvalue weighted by molar-refractivity contribution is 0.454. The van der Waals surface area contributed by atoms with Crippen LogP contribution < -0.4 is 11.0 Å². The van der Waals surface area contributed by atoms with Crippen LogP contribution >= 0.6 is 15.9 Å². The van der Waals surface area contributed by atoms with Gasteiger partial charge in [0.2, 0.25) is 0 Å². The molecule has 0 bridgehead atoms. The number of nitrogens with zero attached hydrogens (tertiary/aromatic N) is 1. The fraction of sp³-hybridized carbons (Fsp3) is 0.462. The molecule has 4 nitrogen and oxygen atoms in total. The average Bonchev–Trinajstić information content (AvgIpc) is 2.54. The van der Waals surface area contributed by atoms with Crippen LogP contribution in [0.5, 0.6) is 0 Å². The highest BCUT2D eigenvalue weighted by atomic mass is 79.9. The molecule has 18 heavy (non-hydrogen) atoms. The molecule has 0 saturated carbocycles. The van der Waals surface area contributed by atoms with Crippen molar-refractivity contribution in [3.8, 4) is 0 Å². The number of fused-ring (bicyclic) bond motifs is 1. The minimum atomic E-state index is 0.00352. The van der Waals surface area contributed by atoms with Crippen LogP contribution in [-0.2, 0) is 0 Å². The van der Waals surface area contributed by atoms with E-state index in [4.69, 9.17) is 0 Å². The molecular weight excluding hydrogens is 294 g/mol. The molecule has 3 rings (SSSR count). The summed E-state index contributed by atoms with van der Waals surface area (Å²) < 4.78 is 2.87. The highest BCUT2D eigenvalue weighted by Gasteiger charge is 2.19. The first-order chi connectivity index (χ1) is 8.77.